The predicted octanol–water partition coefficient (Wildman–Crippen LogP) is 6.17. The number of ether oxygens (including phenoxy) is 3. The molecule has 0 saturated heterocycles. The Morgan fingerprint density at radius 1 is 0.941 bits per heavy atom. The molecule has 0 aliphatic rings. The van der Waals surface area contributed by atoms with Crippen LogP contribution in [-0.2, 0) is 4.84 Å². The van der Waals surface area contributed by atoms with E-state index in [1.54, 1.807) is 12.1 Å². The van der Waals surface area contributed by atoms with E-state index in [1.165, 1.54) is 6.07 Å². The molecule has 0 unspecified atom stereocenters. The number of nitrogens with zero attached hydrogens (tertiary/aromatic N) is 1. The molecule has 3 aromatic rings. The largest absolute Gasteiger partial charge is 0.491 e. The number of benzene rings is 3. The molecule has 34 heavy (non-hydrogen) atoms. The SMILES string of the molecule is CCCON=C(COc1cc(OC(C)C)ccc1C(=O)O)c1cccc(Oc2ccccc2)c1. The minimum atomic E-state index is -1.09. The van der Waals surface area contributed by atoms with Gasteiger partial charge in [0, 0.05) is 11.6 Å². The van der Waals surface area contributed by atoms with Crippen LogP contribution >= 0.6 is 0 Å². The lowest BCUT2D eigenvalue weighted by molar-refractivity contribution is 0.0693. The van der Waals surface area contributed by atoms with E-state index in [4.69, 9.17) is 19.0 Å². The van der Waals surface area contributed by atoms with Gasteiger partial charge in [-0.15, -0.1) is 0 Å². The van der Waals surface area contributed by atoms with E-state index in [1.807, 2.05) is 75.4 Å². The first kappa shape index (κ1) is 24.6. The van der Waals surface area contributed by atoms with E-state index in [9.17, 15) is 9.90 Å². The number of carbonyl (C=O) groups is 1. The van der Waals surface area contributed by atoms with Gasteiger partial charge in [0.1, 0.15) is 47.5 Å². The van der Waals surface area contributed by atoms with Crippen LogP contribution in [0.3, 0.4) is 0 Å². The van der Waals surface area contributed by atoms with E-state index in [0.29, 0.717) is 29.6 Å². The van der Waals surface area contributed by atoms with E-state index < -0.39 is 5.97 Å². The molecule has 0 radical (unpaired) electrons. The summed E-state index contributed by atoms with van der Waals surface area (Å²) in [6.07, 6.45) is 0.738. The molecular weight excluding hydrogens is 434 g/mol. The Labute approximate surface area is 199 Å². The highest BCUT2D eigenvalue weighted by Crippen LogP contribution is 2.27. The van der Waals surface area contributed by atoms with Crippen LogP contribution < -0.4 is 14.2 Å². The number of carboxylic acid groups (broad SMARTS) is 1. The van der Waals surface area contributed by atoms with Gasteiger partial charge >= 0.3 is 5.97 Å². The number of carboxylic acids is 1. The molecular formula is C27H29NO6. The third kappa shape index (κ3) is 7.27. The Kier molecular flexibility index (Phi) is 8.91. The summed E-state index contributed by atoms with van der Waals surface area (Å²) in [6, 6.07) is 21.5. The minimum Gasteiger partial charge on any atom is -0.491 e. The van der Waals surface area contributed by atoms with Gasteiger partial charge in [0.2, 0.25) is 0 Å². The number of para-hydroxylation sites is 1. The minimum absolute atomic E-state index is 0.0100. The summed E-state index contributed by atoms with van der Waals surface area (Å²) in [6.45, 7) is 6.21. The first-order valence-corrected chi connectivity index (χ1v) is 11.1. The molecule has 3 aromatic carbocycles. The van der Waals surface area contributed by atoms with Gasteiger partial charge < -0.3 is 24.2 Å². The zero-order valence-electron chi connectivity index (χ0n) is 19.6. The van der Waals surface area contributed by atoms with Crippen LogP contribution in [0.2, 0.25) is 0 Å². The molecule has 7 nitrogen and oxygen atoms in total. The van der Waals surface area contributed by atoms with Crippen molar-refractivity contribution in [2.24, 2.45) is 5.16 Å². The molecule has 0 aliphatic carbocycles. The van der Waals surface area contributed by atoms with Crippen LogP contribution in [0.5, 0.6) is 23.0 Å². The molecule has 1 N–H and O–H groups in total. The van der Waals surface area contributed by atoms with Crippen molar-refractivity contribution < 1.29 is 28.9 Å². The fourth-order valence-electron chi connectivity index (χ4n) is 3.03. The lowest BCUT2D eigenvalue weighted by atomic mass is 10.1. The van der Waals surface area contributed by atoms with Gasteiger partial charge in [0.25, 0.3) is 0 Å². The van der Waals surface area contributed by atoms with Crippen LogP contribution in [0.25, 0.3) is 0 Å². The van der Waals surface area contributed by atoms with Crippen molar-refractivity contribution in [1.29, 1.82) is 0 Å². The molecule has 7 heteroatoms. The summed E-state index contributed by atoms with van der Waals surface area (Å²) >= 11 is 0. The molecule has 0 aliphatic heterocycles. The van der Waals surface area contributed by atoms with Crippen molar-refractivity contribution in [2.75, 3.05) is 13.2 Å². The molecule has 0 atom stereocenters. The van der Waals surface area contributed by atoms with Crippen molar-refractivity contribution in [3.8, 4) is 23.0 Å². The summed E-state index contributed by atoms with van der Waals surface area (Å²) < 4.78 is 17.5. The Morgan fingerprint density at radius 2 is 1.71 bits per heavy atom. The standard InChI is InChI=1S/C27H29NO6/c1-4-15-32-28-25(20-9-8-12-22(16-20)34-21-10-6-5-7-11-21)18-31-26-17-23(33-19(2)3)13-14-24(26)27(29)30/h5-14,16-17,19H,4,15,18H2,1-3H3,(H,29,30). The van der Waals surface area contributed by atoms with Crippen molar-refractivity contribution >= 4 is 11.7 Å². The maximum Gasteiger partial charge on any atom is 0.339 e. The second-order valence-corrected chi connectivity index (χ2v) is 7.73. The Balaban J connectivity index is 1.85. The molecule has 0 heterocycles. The van der Waals surface area contributed by atoms with Gasteiger partial charge in [-0.3, -0.25) is 0 Å². The molecule has 0 spiro atoms. The zero-order chi connectivity index (χ0) is 24.3. The van der Waals surface area contributed by atoms with Crippen LogP contribution in [-0.4, -0.2) is 36.1 Å². The average Bonchev–Trinajstić information content (AvgIpc) is 2.81. The van der Waals surface area contributed by atoms with E-state index in [2.05, 4.69) is 5.16 Å². The van der Waals surface area contributed by atoms with E-state index in [-0.39, 0.29) is 24.0 Å². The van der Waals surface area contributed by atoms with E-state index in [0.717, 1.165) is 12.0 Å². The maximum atomic E-state index is 11.7. The van der Waals surface area contributed by atoms with Gasteiger partial charge in [0.15, 0.2) is 0 Å². The number of oxime groups is 1. The first-order chi connectivity index (χ1) is 16.5. The molecule has 0 amide bonds. The highest BCUT2D eigenvalue weighted by atomic mass is 16.6. The third-order valence-electron chi connectivity index (χ3n) is 4.54. The number of hydrogen-bond acceptors (Lipinski definition) is 6. The van der Waals surface area contributed by atoms with Gasteiger partial charge in [0.05, 0.1) is 6.10 Å². The fourth-order valence-corrected chi connectivity index (χ4v) is 3.03. The van der Waals surface area contributed by atoms with Crippen LogP contribution in [0.15, 0.2) is 78.0 Å². The Hall–Kier alpha value is -4.00. The normalized spacial score (nSPS) is 11.2. The Bertz CT molecular complexity index is 1110. The molecule has 178 valence electrons. The molecule has 0 saturated carbocycles. The summed E-state index contributed by atoms with van der Waals surface area (Å²) in [5.41, 5.74) is 1.26. The lowest BCUT2D eigenvalue weighted by Gasteiger charge is -2.15. The summed E-state index contributed by atoms with van der Waals surface area (Å²) in [7, 11) is 0. The first-order valence-electron chi connectivity index (χ1n) is 11.1. The van der Waals surface area contributed by atoms with Crippen molar-refractivity contribution in [1.82, 2.24) is 0 Å². The number of hydrogen-bond donors (Lipinski definition) is 1. The van der Waals surface area contributed by atoms with Crippen LogP contribution in [0, 0.1) is 0 Å². The van der Waals surface area contributed by atoms with E-state index >= 15 is 0 Å². The highest BCUT2D eigenvalue weighted by Gasteiger charge is 2.16. The smallest absolute Gasteiger partial charge is 0.339 e. The second kappa shape index (κ2) is 12.3. The van der Waals surface area contributed by atoms with Crippen molar-refractivity contribution in [3.63, 3.8) is 0 Å². The predicted molar refractivity (Wildman–Crippen MR) is 130 cm³/mol. The fraction of sp³-hybridized carbons (Fsp3) is 0.259. The highest BCUT2D eigenvalue weighted by molar-refractivity contribution is 6.02. The van der Waals surface area contributed by atoms with Crippen LogP contribution in [0.4, 0.5) is 0 Å². The molecule has 0 fully saturated rings. The molecule has 3 rings (SSSR count). The topological polar surface area (TPSA) is 86.6 Å². The van der Waals surface area contributed by atoms with Gasteiger partial charge in [-0.1, -0.05) is 42.4 Å². The monoisotopic (exact) mass is 463 g/mol. The second-order valence-electron chi connectivity index (χ2n) is 7.73. The lowest BCUT2D eigenvalue weighted by Crippen LogP contribution is -2.16. The molecule has 0 aromatic heterocycles. The summed E-state index contributed by atoms with van der Waals surface area (Å²) in [5, 5.41) is 13.8. The maximum absolute atomic E-state index is 11.7. The van der Waals surface area contributed by atoms with Crippen molar-refractivity contribution in [3.05, 3.63) is 83.9 Å². The van der Waals surface area contributed by atoms with Gasteiger partial charge in [-0.2, -0.15) is 0 Å². The zero-order valence-corrected chi connectivity index (χ0v) is 19.6. The summed E-state index contributed by atoms with van der Waals surface area (Å²) in [5.74, 6) is 0.958. The van der Waals surface area contributed by atoms with Crippen molar-refractivity contribution in [2.45, 2.75) is 33.3 Å². The number of aromatic carboxylic acids is 1. The Morgan fingerprint density at radius 3 is 2.41 bits per heavy atom. The van der Waals surface area contributed by atoms with Crippen LogP contribution in [0.1, 0.15) is 43.1 Å². The third-order valence-corrected chi connectivity index (χ3v) is 4.54. The van der Waals surface area contributed by atoms with Gasteiger partial charge in [-0.25, -0.2) is 4.79 Å². The quantitative estimate of drug-likeness (QED) is 0.196. The van der Waals surface area contributed by atoms with Gasteiger partial charge in [-0.05, 0) is 56.7 Å². The molecule has 0 bridgehead atoms. The summed E-state index contributed by atoms with van der Waals surface area (Å²) in [4.78, 5) is 17.1. The average molecular weight is 464 g/mol. The number of rotatable bonds is 12.